The number of aryl methyl sites for hydroxylation is 2. The lowest BCUT2D eigenvalue weighted by Gasteiger charge is -2.17. The number of nitrogens with zero attached hydrogens (tertiary/aromatic N) is 2. The quantitative estimate of drug-likeness (QED) is 0.751. The molecule has 2 aromatic carbocycles. The Morgan fingerprint density at radius 3 is 2.54 bits per heavy atom. The van der Waals surface area contributed by atoms with Crippen LogP contribution in [0, 0.1) is 13.8 Å². The van der Waals surface area contributed by atoms with Gasteiger partial charge in [-0.25, -0.2) is 4.68 Å². The number of hydrogen-bond acceptors (Lipinski definition) is 4. The number of nitrogens with one attached hydrogen (secondary N) is 1. The lowest BCUT2D eigenvalue weighted by atomic mass is 9.94. The minimum atomic E-state index is -0.517. The van der Waals surface area contributed by atoms with Gasteiger partial charge in [0.2, 0.25) is 12.7 Å². The van der Waals surface area contributed by atoms with E-state index in [1.807, 2.05) is 62.4 Å². The Hall–Kier alpha value is -3.28. The molecule has 5 rings (SSSR count). The van der Waals surface area contributed by atoms with Crippen molar-refractivity contribution in [2.75, 3.05) is 12.1 Å². The molecule has 1 amide bonds. The van der Waals surface area contributed by atoms with Crippen LogP contribution in [-0.4, -0.2) is 22.5 Å². The molecule has 6 nitrogen and oxygen atoms in total. The highest BCUT2D eigenvalue weighted by molar-refractivity contribution is 6.01. The Bertz CT molecular complexity index is 1070. The first kappa shape index (κ1) is 16.9. The van der Waals surface area contributed by atoms with Crippen LogP contribution < -0.4 is 14.8 Å². The van der Waals surface area contributed by atoms with Gasteiger partial charge in [0, 0.05) is 6.07 Å². The van der Waals surface area contributed by atoms with E-state index in [2.05, 4.69) is 10.4 Å². The lowest BCUT2D eigenvalue weighted by Crippen LogP contribution is -2.28. The number of carbonyl (C=O) groups is 1. The molecule has 2 aliphatic rings. The van der Waals surface area contributed by atoms with E-state index in [1.54, 1.807) is 4.68 Å². The van der Waals surface area contributed by atoms with Crippen LogP contribution in [0.2, 0.25) is 0 Å². The Balaban J connectivity index is 1.44. The van der Waals surface area contributed by atoms with Crippen LogP contribution in [0.25, 0.3) is 5.69 Å². The summed E-state index contributed by atoms with van der Waals surface area (Å²) >= 11 is 0. The molecule has 2 heterocycles. The molecule has 1 aromatic heterocycles. The smallest absolute Gasteiger partial charge is 0.236 e. The maximum Gasteiger partial charge on any atom is 0.236 e. The van der Waals surface area contributed by atoms with Crippen molar-refractivity contribution in [1.29, 1.82) is 0 Å². The van der Waals surface area contributed by atoms with Crippen molar-refractivity contribution < 1.29 is 14.3 Å². The molecule has 142 valence electrons. The van der Waals surface area contributed by atoms with E-state index >= 15 is 0 Å². The number of rotatable bonds is 4. The molecular formula is C22H21N3O3. The summed E-state index contributed by atoms with van der Waals surface area (Å²) in [7, 11) is 0. The van der Waals surface area contributed by atoms with Gasteiger partial charge in [0.1, 0.15) is 5.82 Å². The molecule has 0 atom stereocenters. The summed E-state index contributed by atoms with van der Waals surface area (Å²) in [5.41, 5.74) is 3.40. The molecular weight excluding hydrogens is 354 g/mol. The third-order valence-electron chi connectivity index (χ3n) is 5.46. The standard InChI is InChI=1S/C22H21N3O3/c1-14-3-6-17(7-4-14)25-20(11-15(2)24-25)23-21(26)22(9-10-22)16-5-8-18-19(12-16)28-13-27-18/h3-8,11-12H,9-10,13H2,1-2H3,(H,23,26). The van der Waals surface area contributed by atoms with Gasteiger partial charge in [-0.05, 0) is 56.5 Å². The molecule has 0 unspecified atom stereocenters. The molecule has 1 saturated carbocycles. The highest BCUT2D eigenvalue weighted by Crippen LogP contribution is 2.51. The predicted molar refractivity (Wildman–Crippen MR) is 105 cm³/mol. The molecule has 6 heteroatoms. The van der Waals surface area contributed by atoms with Gasteiger partial charge >= 0.3 is 0 Å². The number of aromatic nitrogens is 2. The number of hydrogen-bond donors (Lipinski definition) is 1. The molecule has 0 radical (unpaired) electrons. The molecule has 1 fully saturated rings. The molecule has 0 saturated heterocycles. The summed E-state index contributed by atoms with van der Waals surface area (Å²) in [4.78, 5) is 13.2. The molecule has 1 aliphatic carbocycles. The number of carbonyl (C=O) groups excluding carboxylic acids is 1. The first-order chi connectivity index (χ1) is 13.5. The molecule has 28 heavy (non-hydrogen) atoms. The Morgan fingerprint density at radius 1 is 1.04 bits per heavy atom. The second-order valence-electron chi connectivity index (χ2n) is 7.52. The van der Waals surface area contributed by atoms with Crippen LogP contribution in [0.5, 0.6) is 11.5 Å². The Labute approximate surface area is 163 Å². The van der Waals surface area contributed by atoms with Gasteiger partial charge in [-0.3, -0.25) is 4.79 Å². The largest absolute Gasteiger partial charge is 0.454 e. The minimum absolute atomic E-state index is 0.0142. The van der Waals surface area contributed by atoms with Crippen LogP contribution >= 0.6 is 0 Å². The zero-order chi connectivity index (χ0) is 19.3. The van der Waals surface area contributed by atoms with Crippen LogP contribution in [0.3, 0.4) is 0 Å². The zero-order valence-corrected chi connectivity index (χ0v) is 15.9. The second-order valence-corrected chi connectivity index (χ2v) is 7.52. The first-order valence-corrected chi connectivity index (χ1v) is 9.40. The number of benzene rings is 2. The van der Waals surface area contributed by atoms with Gasteiger partial charge < -0.3 is 14.8 Å². The average Bonchev–Trinajstić information content (AvgIpc) is 3.23. The predicted octanol–water partition coefficient (Wildman–Crippen LogP) is 3.89. The maximum absolute atomic E-state index is 13.2. The Kier molecular flexibility index (Phi) is 3.69. The van der Waals surface area contributed by atoms with Crippen LogP contribution in [0.4, 0.5) is 5.82 Å². The highest BCUT2D eigenvalue weighted by Gasteiger charge is 2.52. The third kappa shape index (κ3) is 2.72. The maximum atomic E-state index is 13.2. The monoisotopic (exact) mass is 375 g/mol. The summed E-state index contributed by atoms with van der Waals surface area (Å²) in [6, 6.07) is 15.7. The fourth-order valence-corrected chi connectivity index (χ4v) is 3.67. The summed E-state index contributed by atoms with van der Waals surface area (Å²) in [5.74, 6) is 2.10. The average molecular weight is 375 g/mol. The number of ether oxygens (including phenoxy) is 2. The molecule has 3 aromatic rings. The van der Waals surface area contributed by atoms with Crippen molar-refractivity contribution in [1.82, 2.24) is 9.78 Å². The van der Waals surface area contributed by atoms with Crippen molar-refractivity contribution in [3.63, 3.8) is 0 Å². The topological polar surface area (TPSA) is 65.4 Å². The van der Waals surface area contributed by atoms with Gasteiger partial charge in [0.05, 0.1) is 16.8 Å². The summed E-state index contributed by atoms with van der Waals surface area (Å²) in [5, 5.41) is 7.65. The van der Waals surface area contributed by atoms with E-state index in [0.29, 0.717) is 11.6 Å². The van der Waals surface area contributed by atoms with Crippen molar-refractivity contribution in [3.05, 3.63) is 65.4 Å². The lowest BCUT2D eigenvalue weighted by molar-refractivity contribution is -0.118. The SMILES string of the molecule is Cc1ccc(-n2nc(C)cc2NC(=O)C2(c3ccc4c(c3)OCO4)CC2)cc1. The van der Waals surface area contributed by atoms with Gasteiger partial charge in [0.25, 0.3) is 0 Å². The van der Waals surface area contributed by atoms with Gasteiger partial charge in [-0.15, -0.1) is 0 Å². The molecule has 0 bridgehead atoms. The third-order valence-corrected chi connectivity index (χ3v) is 5.46. The van der Waals surface area contributed by atoms with Crippen LogP contribution in [0.15, 0.2) is 48.5 Å². The van der Waals surface area contributed by atoms with Crippen molar-refractivity contribution in [2.24, 2.45) is 0 Å². The van der Waals surface area contributed by atoms with Crippen molar-refractivity contribution >= 4 is 11.7 Å². The minimum Gasteiger partial charge on any atom is -0.454 e. The summed E-state index contributed by atoms with van der Waals surface area (Å²) < 4.78 is 12.6. The van der Waals surface area contributed by atoms with E-state index in [-0.39, 0.29) is 12.7 Å². The number of amides is 1. The Morgan fingerprint density at radius 2 is 1.79 bits per heavy atom. The normalized spacial score (nSPS) is 16.1. The summed E-state index contributed by atoms with van der Waals surface area (Å²) in [6.45, 7) is 4.20. The highest BCUT2D eigenvalue weighted by atomic mass is 16.7. The fraction of sp³-hybridized carbons (Fsp3) is 0.273. The fourth-order valence-electron chi connectivity index (χ4n) is 3.67. The van der Waals surface area contributed by atoms with E-state index in [4.69, 9.17) is 9.47 Å². The zero-order valence-electron chi connectivity index (χ0n) is 15.9. The van der Waals surface area contributed by atoms with Crippen molar-refractivity contribution in [2.45, 2.75) is 32.1 Å². The molecule has 0 spiro atoms. The van der Waals surface area contributed by atoms with E-state index < -0.39 is 5.41 Å². The van der Waals surface area contributed by atoms with E-state index in [0.717, 1.165) is 35.5 Å². The number of fused-ring (bicyclic) bond motifs is 1. The van der Waals surface area contributed by atoms with E-state index in [1.165, 1.54) is 5.56 Å². The van der Waals surface area contributed by atoms with Crippen LogP contribution in [0.1, 0.15) is 29.7 Å². The van der Waals surface area contributed by atoms with E-state index in [9.17, 15) is 4.79 Å². The molecule has 1 aliphatic heterocycles. The van der Waals surface area contributed by atoms with Crippen LogP contribution in [-0.2, 0) is 10.2 Å². The van der Waals surface area contributed by atoms with Crippen molar-refractivity contribution in [3.8, 4) is 17.2 Å². The van der Waals surface area contributed by atoms with Gasteiger partial charge in [-0.1, -0.05) is 23.8 Å². The summed E-state index contributed by atoms with van der Waals surface area (Å²) in [6.07, 6.45) is 1.63. The second kappa shape index (κ2) is 6.12. The first-order valence-electron chi connectivity index (χ1n) is 9.40. The van der Waals surface area contributed by atoms with Gasteiger partial charge in [0.15, 0.2) is 11.5 Å². The molecule has 1 N–H and O–H groups in total. The number of anilines is 1. The van der Waals surface area contributed by atoms with Gasteiger partial charge in [-0.2, -0.15) is 5.10 Å².